The SMILES string of the molecule is CC.OCCCNc1nc(Br)cn2c(-c3ccc(-c4cnc(C5CC5)[nH]4)cc3)cnc12. The molecule has 0 bridgehead atoms. The maximum atomic E-state index is 9.00. The summed E-state index contributed by atoms with van der Waals surface area (Å²) in [7, 11) is 0. The summed E-state index contributed by atoms with van der Waals surface area (Å²) >= 11 is 3.48. The molecule has 1 aliphatic rings. The summed E-state index contributed by atoms with van der Waals surface area (Å²) < 4.78 is 2.74. The summed E-state index contributed by atoms with van der Waals surface area (Å²) in [5.74, 6) is 2.42. The quantitative estimate of drug-likeness (QED) is 0.313. The fourth-order valence-corrected chi connectivity index (χ4v) is 3.83. The molecule has 0 spiro atoms. The van der Waals surface area contributed by atoms with Gasteiger partial charge < -0.3 is 15.4 Å². The first-order valence-electron chi connectivity index (χ1n) is 10.8. The number of fused-ring (bicyclic) bond motifs is 1. The topological polar surface area (TPSA) is 91.1 Å². The largest absolute Gasteiger partial charge is 0.396 e. The zero-order valence-corrected chi connectivity index (χ0v) is 19.4. The molecular formula is C23H27BrN6O. The van der Waals surface area contributed by atoms with Crippen molar-refractivity contribution in [3.8, 4) is 22.5 Å². The van der Waals surface area contributed by atoms with Crippen LogP contribution in [0, 0.1) is 0 Å². The lowest BCUT2D eigenvalue weighted by Gasteiger charge is -2.09. The molecule has 3 aromatic heterocycles. The second-order valence-electron chi connectivity index (χ2n) is 7.29. The molecule has 3 N–H and O–H groups in total. The number of aromatic amines is 1. The Morgan fingerprint density at radius 1 is 1.13 bits per heavy atom. The van der Waals surface area contributed by atoms with Gasteiger partial charge in [-0.25, -0.2) is 15.0 Å². The van der Waals surface area contributed by atoms with Gasteiger partial charge in [-0.1, -0.05) is 38.1 Å². The predicted molar refractivity (Wildman–Crippen MR) is 127 cm³/mol. The van der Waals surface area contributed by atoms with Crippen LogP contribution < -0.4 is 5.32 Å². The Kier molecular flexibility index (Phi) is 6.67. The summed E-state index contributed by atoms with van der Waals surface area (Å²) in [6.07, 6.45) is 8.83. The first kappa shape index (κ1) is 21.5. The number of anilines is 1. The Morgan fingerprint density at radius 2 is 1.87 bits per heavy atom. The van der Waals surface area contributed by atoms with E-state index in [1.807, 2.05) is 36.8 Å². The molecule has 3 heterocycles. The number of halogens is 1. The second kappa shape index (κ2) is 9.62. The van der Waals surface area contributed by atoms with Crippen LogP contribution in [0.25, 0.3) is 28.2 Å². The van der Waals surface area contributed by atoms with Crippen LogP contribution >= 0.6 is 15.9 Å². The Morgan fingerprint density at radius 3 is 2.58 bits per heavy atom. The van der Waals surface area contributed by atoms with Crippen molar-refractivity contribution in [3.05, 3.63) is 53.3 Å². The van der Waals surface area contributed by atoms with Crippen LogP contribution in [0.5, 0.6) is 0 Å². The van der Waals surface area contributed by atoms with E-state index in [2.05, 4.69) is 65.4 Å². The van der Waals surface area contributed by atoms with Gasteiger partial charge in [-0.2, -0.15) is 0 Å². The average molecular weight is 483 g/mol. The smallest absolute Gasteiger partial charge is 0.180 e. The molecule has 162 valence electrons. The molecular weight excluding hydrogens is 456 g/mol. The number of imidazole rings is 2. The minimum absolute atomic E-state index is 0.141. The van der Waals surface area contributed by atoms with Gasteiger partial charge in [0.1, 0.15) is 10.4 Å². The van der Waals surface area contributed by atoms with Crippen LogP contribution in [0.2, 0.25) is 0 Å². The molecule has 1 aromatic carbocycles. The molecule has 1 fully saturated rings. The molecule has 0 atom stereocenters. The maximum Gasteiger partial charge on any atom is 0.180 e. The molecule has 1 saturated carbocycles. The molecule has 0 radical (unpaired) electrons. The number of benzene rings is 1. The van der Waals surface area contributed by atoms with Crippen LogP contribution in [-0.2, 0) is 0 Å². The predicted octanol–water partition coefficient (Wildman–Crippen LogP) is 5.25. The summed E-state index contributed by atoms with van der Waals surface area (Å²) in [6, 6.07) is 8.42. The number of aliphatic hydroxyl groups excluding tert-OH is 1. The number of H-pyrrole nitrogens is 1. The second-order valence-corrected chi connectivity index (χ2v) is 8.10. The van der Waals surface area contributed by atoms with Crippen molar-refractivity contribution in [2.24, 2.45) is 0 Å². The Labute approximate surface area is 190 Å². The number of aromatic nitrogens is 5. The summed E-state index contributed by atoms with van der Waals surface area (Å²) in [4.78, 5) is 17.0. The van der Waals surface area contributed by atoms with Crippen molar-refractivity contribution in [1.29, 1.82) is 0 Å². The Balaban J connectivity index is 0.00000112. The van der Waals surface area contributed by atoms with E-state index >= 15 is 0 Å². The van der Waals surface area contributed by atoms with E-state index in [-0.39, 0.29) is 6.61 Å². The number of hydrogen-bond donors (Lipinski definition) is 3. The lowest BCUT2D eigenvalue weighted by atomic mass is 10.1. The maximum absolute atomic E-state index is 9.00. The van der Waals surface area contributed by atoms with Crippen LogP contribution in [0.4, 0.5) is 5.82 Å². The normalized spacial score (nSPS) is 13.2. The van der Waals surface area contributed by atoms with Crippen LogP contribution in [0.15, 0.2) is 47.5 Å². The van der Waals surface area contributed by atoms with Crippen LogP contribution in [-0.4, -0.2) is 42.6 Å². The van der Waals surface area contributed by atoms with Crippen molar-refractivity contribution in [2.75, 3.05) is 18.5 Å². The molecule has 0 unspecified atom stereocenters. The van der Waals surface area contributed by atoms with E-state index in [4.69, 9.17) is 5.11 Å². The third kappa shape index (κ3) is 4.65. The van der Waals surface area contributed by atoms with E-state index in [0.29, 0.717) is 24.7 Å². The lowest BCUT2D eigenvalue weighted by molar-refractivity contribution is 0.292. The van der Waals surface area contributed by atoms with Gasteiger partial charge in [-0.3, -0.25) is 4.40 Å². The monoisotopic (exact) mass is 482 g/mol. The number of hydrogen-bond acceptors (Lipinski definition) is 5. The van der Waals surface area contributed by atoms with E-state index in [1.165, 1.54) is 12.8 Å². The van der Waals surface area contributed by atoms with Crippen LogP contribution in [0.1, 0.15) is 44.9 Å². The van der Waals surface area contributed by atoms with E-state index in [1.54, 1.807) is 0 Å². The number of rotatable bonds is 7. The fraction of sp³-hybridized carbons (Fsp3) is 0.348. The highest BCUT2D eigenvalue weighted by Gasteiger charge is 2.26. The standard InChI is InChI=1S/C21H21BrN6O.C2H6/c22-18-12-28-17(11-25-21(28)20(27-18)23-8-1-9-29)14-4-2-13(3-5-14)16-10-24-19(26-16)15-6-7-15;1-2/h2-5,10-12,15,29H,1,6-9H2,(H,23,27)(H,24,26);1-2H3. The van der Waals surface area contributed by atoms with Crippen molar-refractivity contribution < 1.29 is 5.11 Å². The highest BCUT2D eigenvalue weighted by molar-refractivity contribution is 9.10. The molecule has 4 aromatic rings. The van der Waals surface area contributed by atoms with Crippen molar-refractivity contribution >= 4 is 27.4 Å². The first-order valence-corrected chi connectivity index (χ1v) is 11.6. The van der Waals surface area contributed by atoms with Gasteiger partial charge in [0.05, 0.1) is 23.8 Å². The highest BCUT2D eigenvalue weighted by atomic mass is 79.9. The van der Waals surface area contributed by atoms with Gasteiger partial charge in [0.15, 0.2) is 11.5 Å². The minimum Gasteiger partial charge on any atom is -0.396 e. The van der Waals surface area contributed by atoms with Crippen molar-refractivity contribution in [2.45, 2.75) is 39.0 Å². The number of aliphatic hydroxyl groups is 1. The van der Waals surface area contributed by atoms with Gasteiger partial charge in [-0.05, 0) is 40.8 Å². The van der Waals surface area contributed by atoms with E-state index in [9.17, 15) is 0 Å². The van der Waals surface area contributed by atoms with Gasteiger partial charge in [0.25, 0.3) is 0 Å². The summed E-state index contributed by atoms with van der Waals surface area (Å²) in [5.41, 5.74) is 4.99. The molecule has 0 amide bonds. The number of nitrogens with zero attached hydrogens (tertiary/aromatic N) is 4. The molecule has 8 heteroatoms. The summed E-state index contributed by atoms with van der Waals surface area (Å²) in [5, 5.41) is 12.3. The zero-order valence-electron chi connectivity index (χ0n) is 17.8. The fourth-order valence-electron chi connectivity index (χ4n) is 3.45. The van der Waals surface area contributed by atoms with Gasteiger partial charge in [-0.15, -0.1) is 0 Å². The van der Waals surface area contributed by atoms with E-state index < -0.39 is 0 Å². The Bertz CT molecular complexity index is 1150. The zero-order chi connectivity index (χ0) is 21.8. The third-order valence-electron chi connectivity index (χ3n) is 5.14. The molecule has 5 rings (SSSR count). The molecule has 0 aliphatic heterocycles. The molecule has 7 nitrogen and oxygen atoms in total. The van der Waals surface area contributed by atoms with Gasteiger partial charge >= 0.3 is 0 Å². The average Bonchev–Trinajstić information content (AvgIpc) is 3.37. The Hall–Kier alpha value is -2.71. The summed E-state index contributed by atoms with van der Waals surface area (Å²) in [6.45, 7) is 4.78. The van der Waals surface area contributed by atoms with Crippen molar-refractivity contribution in [1.82, 2.24) is 24.3 Å². The third-order valence-corrected chi connectivity index (χ3v) is 5.52. The first-order chi connectivity index (χ1) is 15.2. The highest BCUT2D eigenvalue weighted by Crippen LogP contribution is 2.39. The molecule has 0 saturated heterocycles. The van der Waals surface area contributed by atoms with E-state index in [0.717, 1.165) is 38.6 Å². The van der Waals surface area contributed by atoms with Crippen LogP contribution in [0.3, 0.4) is 0 Å². The minimum atomic E-state index is 0.141. The van der Waals surface area contributed by atoms with Gasteiger partial charge in [0, 0.05) is 30.8 Å². The number of nitrogens with one attached hydrogen (secondary N) is 2. The molecule has 31 heavy (non-hydrogen) atoms. The van der Waals surface area contributed by atoms with Gasteiger partial charge in [0.2, 0.25) is 0 Å². The van der Waals surface area contributed by atoms with Crippen molar-refractivity contribution in [3.63, 3.8) is 0 Å². The molecule has 1 aliphatic carbocycles. The lowest BCUT2D eigenvalue weighted by Crippen LogP contribution is -2.07.